The fraction of sp³-hybridized carbons (Fsp3) is 0. The summed E-state index contributed by atoms with van der Waals surface area (Å²) in [5, 5.41) is 0. The van der Waals surface area contributed by atoms with E-state index in [1.54, 1.807) is 0 Å². The molecule has 1 aliphatic carbocycles. The van der Waals surface area contributed by atoms with Crippen molar-refractivity contribution >= 4 is 5.78 Å². The van der Waals surface area contributed by atoms with Crippen LogP contribution in [0.3, 0.4) is 0 Å². The van der Waals surface area contributed by atoms with Crippen LogP contribution in [0.2, 0.25) is 0 Å². The Kier molecular flexibility index (Phi) is 1.76. The Morgan fingerprint density at radius 3 is 2.20 bits per heavy atom. The molecule has 0 saturated heterocycles. The van der Waals surface area contributed by atoms with E-state index in [2.05, 4.69) is 0 Å². The van der Waals surface area contributed by atoms with E-state index in [4.69, 9.17) is 0 Å². The number of halogens is 2. The van der Waals surface area contributed by atoms with Gasteiger partial charge < -0.3 is 0 Å². The Morgan fingerprint density at radius 2 is 1.80 bits per heavy atom. The molecule has 0 aromatic rings. The first kappa shape index (κ1) is 6.86. The largest absolute Gasteiger partial charge is 0.289 e. The number of allylic oxidation sites excluding steroid dienone is 5. The van der Waals surface area contributed by atoms with Crippen molar-refractivity contribution in [3.63, 3.8) is 0 Å². The number of rotatable bonds is 0. The van der Waals surface area contributed by atoms with Crippen LogP contribution in [0.25, 0.3) is 0 Å². The second-order valence-electron chi connectivity index (χ2n) is 1.76. The zero-order chi connectivity index (χ0) is 7.56. The van der Waals surface area contributed by atoms with Crippen LogP contribution < -0.4 is 0 Å². The molecule has 0 spiro atoms. The second-order valence-corrected chi connectivity index (χ2v) is 1.76. The van der Waals surface area contributed by atoms with Crippen molar-refractivity contribution in [2.45, 2.75) is 0 Å². The maximum atomic E-state index is 11.7. The lowest BCUT2D eigenvalue weighted by atomic mass is 10.1. The molecule has 0 saturated carbocycles. The summed E-state index contributed by atoms with van der Waals surface area (Å²) in [5.74, 6) is -0.637. The van der Waals surface area contributed by atoms with Crippen LogP contribution in [0, 0.1) is 0 Å². The van der Waals surface area contributed by atoms with Gasteiger partial charge in [-0.25, -0.2) is 0 Å². The molecular weight excluding hydrogens is 138 g/mol. The van der Waals surface area contributed by atoms with Gasteiger partial charge in [0.25, 0.3) is 6.08 Å². The third-order valence-electron chi connectivity index (χ3n) is 1.09. The second kappa shape index (κ2) is 2.56. The smallest absolute Gasteiger partial charge is 0.281 e. The van der Waals surface area contributed by atoms with Crippen molar-refractivity contribution in [1.29, 1.82) is 0 Å². The van der Waals surface area contributed by atoms with Gasteiger partial charge in [0.05, 0.1) is 5.57 Å². The molecule has 0 atom stereocenters. The highest BCUT2D eigenvalue weighted by Gasteiger charge is 2.11. The molecule has 0 bridgehead atoms. The fourth-order valence-electron chi connectivity index (χ4n) is 0.623. The predicted molar refractivity (Wildman–Crippen MR) is 32.5 cm³/mol. The van der Waals surface area contributed by atoms with E-state index >= 15 is 0 Å². The highest BCUT2D eigenvalue weighted by Crippen LogP contribution is 2.13. The van der Waals surface area contributed by atoms with Crippen molar-refractivity contribution in [1.82, 2.24) is 0 Å². The summed E-state index contributed by atoms with van der Waals surface area (Å²) >= 11 is 0. The van der Waals surface area contributed by atoms with E-state index in [1.807, 2.05) is 0 Å². The Morgan fingerprint density at radius 1 is 1.20 bits per heavy atom. The first-order valence-corrected chi connectivity index (χ1v) is 2.66. The Labute approximate surface area is 56.3 Å². The van der Waals surface area contributed by atoms with Crippen molar-refractivity contribution in [3.8, 4) is 0 Å². The van der Waals surface area contributed by atoms with Crippen LogP contribution in [-0.4, -0.2) is 5.78 Å². The van der Waals surface area contributed by atoms with E-state index in [1.165, 1.54) is 12.2 Å². The summed E-state index contributed by atoms with van der Waals surface area (Å²) in [6, 6.07) is 0. The Balaban J connectivity index is 3.02. The lowest BCUT2D eigenvalue weighted by molar-refractivity contribution is -0.111. The molecule has 0 aromatic carbocycles. The predicted octanol–water partition coefficient (Wildman–Crippen LogP) is 1.83. The minimum absolute atomic E-state index is 0.512. The number of ketones is 1. The Bertz CT molecular complexity index is 244. The van der Waals surface area contributed by atoms with Gasteiger partial charge >= 0.3 is 0 Å². The van der Waals surface area contributed by atoms with Crippen LogP contribution in [-0.2, 0) is 4.79 Å². The summed E-state index contributed by atoms with van der Waals surface area (Å²) < 4.78 is 23.5. The van der Waals surface area contributed by atoms with Gasteiger partial charge in [-0.1, -0.05) is 12.2 Å². The van der Waals surface area contributed by atoms with Gasteiger partial charge in [-0.3, -0.25) is 4.79 Å². The number of carbonyl (C=O) groups is 1. The minimum Gasteiger partial charge on any atom is -0.289 e. The maximum Gasteiger partial charge on any atom is 0.281 e. The Hall–Kier alpha value is -1.25. The average Bonchev–Trinajstić information content (AvgIpc) is 1.88. The third kappa shape index (κ3) is 1.18. The number of hydrogen-bond donors (Lipinski definition) is 0. The molecule has 0 fully saturated rings. The van der Waals surface area contributed by atoms with Gasteiger partial charge in [0, 0.05) is 0 Å². The molecule has 0 aliphatic heterocycles. The van der Waals surface area contributed by atoms with Gasteiger partial charge in [-0.2, -0.15) is 8.78 Å². The molecule has 10 heavy (non-hydrogen) atoms. The van der Waals surface area contributed by atoms with Crippen molar-refractivity contribution in [2.75, 3.05) is 0 Å². The molecule has 0 N–H and O–H groups in total. The van der Waals surface area contributed by atoms with E-state index < -0.39 is 17.4 Å². The van der Waals surface area contributed by atoms with E-state index in [9.17, 15) is 13.6 Å². The normalized spacial score (nSPS) is 16.2. The topological polar surface area (TPSA) is 17.1 Å². The van der Waals surface area contributed by atoms with Crippen molar-refractivity contribution in [2.24, 2.45) is 0 Å². The quantitative estimate of drug-likeness (QED) is 0.471. The molecule has 0 amide bonds. The first-order valence-electron chi connectivity index (χ1n) is 2.66. The van der Waals surface area contributed by atoms with Gasteiger partial charge in [-0.05, 0) is 12.2 Å². The van der Waals surface area contributed by atoms with Crippen LogP contribution in [0.4, 0.5) is 8.78 Å². The lowest BCUT2D eigenvalue weighted by Crippen LogP contribution is -1.99. The van der Waals surface area contributed by atoms with Crippen LogP contribution in [0.15, 0.2) is 36.0 Å². The molecule has 0 unspecified atom stereocenters. The summed E-state index contributed by atoms with van der Waals surface area (Å²) in [6.07, 6.45) is 3.10. The summed E-state index contributed by atoms with van der Waals surface area (Å²) in [6.45, 7) is 0. The first-order chi connectivity index (χ1) is 4.72. The van der Waals surface area contributed by atoms with E-state index in [0.717, 1.165) is 12.2 Å². The molecule has 1 nitrogen and oxygen atoms in total. The molecule has 0 aromatic heterocycles. The molecule has 1 rings (SSSR count). The summed E-state index contributed by atoms with van der Waals surface area (Å²) in [7, 11) is 0. The van der Waals surface area contributed by atoms with Crippen LogP contribution in [0.1, 0.15) is 0 Å². The summed E-state index contributed by atoms with van der Waals surface area (Å²) in [5.41, 5.74) is -0.512. The molecule has 1 aliphatic rings. The molecular formula is C7H4F2O. The number of carbonyl (C=O) groups excluding carboxylic acids is 1. The van der Waals surface area contributed by atoms with Crippen molar-refractivity contribution < 1.29 is 13.6 Å². The SMILES string of the molecule is O=C1C=CC=CC1=C(F)F. The number of hydrogen-bond acceptors (Lipinski definition) is 1. The lowest BCUT2D eigenvalue weighted by Gasteiger charge is -1.96. The average molecular weight is 142 g/mol. The maximum absolute atomic E-state index is 11.7. The van der Waals surface area contributed by atoms with Crippen LogP contribution in [0.5, 0.6) is 0 Å². The van der Waals surface area contributed by atoms with Gasteiger partial charge in [-0.15, -0.1) is 0 Å². The van der Waals surface area contributed by atoms with Crippen molar-refractivity contribution in [3.05, 3.63) is 36.0 Å². The highest BCUT2D eigenvalue weighted by atomic mass is 19.3. The molecule has 52 valence electrons. The third-order valence-corrected chi connectivity index (χ3v) is 1.09. The molecule has 0 heterocycles. The molecule has 3 heteroatoms. The van der Waals surface area contributed by atoms with E-state index in [0.29, 0.717) is 0 Å². The van der Waals surface area contributed by atoms with Gasteiger partial charge in [0.2, 0.25) is 0 Å². The summed E-state index contributed by atoms with van der Waals surface area (Å²) in [4.78, 5) is 10.6. The van der Waals surface area contributed by atoms with Gasteiger partial charge in [0.1, 0.15) is 0 Å². The van der Waals surface area contributed by atoms with Gasteiger partial charge in [0.15, 0.2) is 5.78 Å². The molecule has 0 radical (unpaired) electrons. The fourth-order valence-corrected chi connectivity index (χ4v) is 0.623. The van der Waals surface area contributed by atoms with Crippen LogP contribution >= 0.6 is 0 Å². The van der Waals surface area contributed by atoms with E-state index in [-0.39, 0.29) is 0 Å². The zero-order valence-electron chi connectivity index (χ0n) is 4.97. The zero-order valence-corrected chi connectivity index (χ0v) is 4.97. The standard InChI is InChI=1S/C7H4F2O/c8-7(9)5-3-1-2-4-6(5)10/h1-4H. The minimum atomic E-state index is -1.93. The monoisotopic (exact) mass is 142 g/mol. The highest BCUT2D eigenvalue weighted by molar-refractivity contribution is 6.07.